The van der Waals surface area contributed by atoms with Crippen LogP contribution in [0, 0.1) is 0 Å². The van der Waals surface area contributed by atoms with Gasteiger partial charge in [0.05, 0.1) is 12.3 Å². The first kappa shape index (κ1) is 22.2. The van der Waals surface area contributed by atoms with E-state index in [2.05, 4.69) is 31.2 Å². The van der Waals surface area contributed by atoms with Gasteiger partial charge >= 0.3 is 0 Å². The van der Waals surface area contributed by atoms with E-state index in [1.165, 1.54) is 0 Å². The Morgan fingerprint density at radius 2 is 1.88 bits per heavy atom. The Morgan fingerprint density at radius 3 is 2.59 bits per heavy atom. The molecule has 1 aliphatic heterocycles. The minimum absolute atomic E-state index is 0.0476. The van der Waals surface area contributed by atoms with Crippen LogP contribution in [0.3, 0.4) is 0 Å². The van der Waals surface area contributed by atoms with Crippen LogP contribution in [0.15, 0.2) is 65.3 Å². The highest BCUT2D eigenvalue weighted by Gasteiger charge is 2.34. The molecule has 1 aliphatic rings. The van der Waals surface area contributed by atoms with Crippen LogP contribution >= 0.6 is 15.9 Å². The number of rotatable bonds is 7. The van der Waals surface area contributed by atoms with Crippen molar-refractivity contribution in [2.45, 2.75) is 24.8 Å². The fraction of sp³-hybridized carbons (Fsp3) is 0.292. The van der Waals surface area contributed by atoms with E-state index in [0.717, 1.165) is 21.4 Å². The van der Waals surface area contributed by atoms with Crippen molar-refractivity contribution in [2.75, 3.05) is 19.6 Å². The third-order valence-electron chi connectivity index (χ3n) is 5.73. The number of nitrogens with one attached hydrogen (secondary N) is 2. The number of piperazine rings is 1. The van der Waals surface area contributed by atoms with Gasteiger partial charge in [-0.2, -0.15) is 0 Å². The lowest BCUT2D eigenvalue weighted by Gasteiger charge is -2.36. The molecule has 4 rings (SSSR count). The normalized spacial score (nSPS) is 17.2. The van der Waals surface area contributed by atoms with Crippen molar-refractivity contribution < 1.29 is 9.59 Å². The summed E-state index contributed by atoms with van der Waals surface area (Å²) < 4.78 is 1.02. The van der Waals surface area contributed by atoms with Gasteiger partial charge in [0.15, 0.2) is 0 Å². The number of aromatic nitrogens is 2. The molecular formula is C24H26BrN5O2. The number of amides is 2. The molecule has 1 saturated heterocycles. The SMILES string of the molecule is NC(=O)[C@H](c1cnc(Cc2ccc(Br)cc2)[nH]1)C1CN(C(=O)Cc2ccccc2)CCN1. The first-order valence-electron chi connectivity index (χ1n) is 10.6. The summed E-state index contributed by atoms with van der Waals surface area (Å²) in [5.74, 6) is -0.236. The van der Waals surface area contributed by atoms with E-state index in [9.17, 15) is 9.59 Å². The third-order valence-corrected chi connectivity index (χ3v) is 6.26. The van der Waals surface area contributed by atoms with Crippen molar-refractivity contribution in [3.05, 3.63) is 87.9 Å². The summed E-state index contributed by atoms with van der Waals surface area (Å²) in [5.41, 5.74) is 8.54. The minimum atomic E-state index is -0.603. The average molecular weight is 496 g/mol. The maximum atomic E-state index is 12.8. The van der Waals surface area contributed by atoms with Gasteiger partial charge in [-0.25, -0.2) is 4.98 Å². The molecule has 7 nitrogen and oxygen atoms in total. The molecule has 1 fully saturated rings. The van der Waals surface area contributed by atoms with Gasteiger partial charge in [-0.1, -0.05) is 58.4 Å². The van der Waals surface area contributed by atoms with E-state index in [0.29, 0.717) is 38.2 Å². The first-order valence-corrected chi connectivity index (χ1v) is 11.4. The molecule has 0 radical (unpaired) electrons. The monoisotopic (exact) mass is 495 g/mol. The molecule has 8 heteroatoms. The van der Waals surface area contributed by atoms with Crippen molar-refractivity contribution in [1.82, 2.24) is 20.2 Å². The van der Waals surface area contributed by atoms with E-state index in [-0.39, 0.29) is 11.9 Å². The largest absolute Gasteiger partial charge is 0.369 e. The lowest BCUT2D eigenvalue weighted by Crippen LogP contribution is -2.56. The van der Waals surface area contributed by atoms with Crippen molar-refractivity contribution >= 4 is 27.7 Å². The zero-order valence-electron chi connectivity index (χ0n) is 17.6. The fourth-order valence-electron chi connectivity index (χ4n) is 4.10. The van der Waals surface area contributed by atoms with E-state index >= 15 is 0 Å². The highest BCUT2D eigenvalue weighted by molar-refractivity contribution is 9.10. The Labute approximate surface area is 195 Å². The summed E-state index contributed by atoms with van der Waals surface area (Å²) in [6.07, 6.45) is 2.64. The number of H-pyrrole nitrogens is 1. The summed E-state index contributed by atoms with van der Waals surface area (Å²) in [5, 5.41) is 3.37. The number of imidazole rings is 1. The highest BCUT2D eigenvalue weighted by atomic mass is 79.9. The van der Waals surface area contributed by atoms with Gasteiger partial charge < -0.3 is 20.9 Å². The lowest BCUT2D eigenvalue weighted by molar-refractivity contribution is -0.132. The van der Waals surface area contributed by atoms with Crippen molar-refractivity contribution in [3.63, 3.8) is 0 Å². The number of carbonyl (C=O) groups excluding carboxylic acids is 2. The van der Waals surface area contributed by atoms with Crippen molar-refractivity contribution in [2.24, 2.45) is 5.73 Å². The van der Waals surface area contributed by atoms with Gasteiger partial charge in [0.25, 0.3) is 0 Å². The second kappa shape index (κ2) is 10.1. The molecule has 32 heavy (non-hydrogen) atoms. The topological polar surface area (TPSA) is 104 Å². The molecular weight excluding hydrogens is 470 g/mol. The van der Waals surface area contributed by atoms with Crippen LogP contribution in [0.2, 0.25) is 0 Å². The number of halogens is 1. The standard InChI is InChI=1S/C24H26BrN5O2/c25-18-8-6-17(7-9-18)12-21-28-14-19(29-21)23(24(26)32)20-15-30(11-10-27-20)22(31)13-16-4-2-1-3-5-16/h1-9,14,20,23,27H,10-13,15H2,(H2,26,32)(H,28,29)/t20?,23-/m1/s1. The number of carbonyl (C=O) groups is 2. The second-order valence-corrected chi connectivity index (χ2v) is 8.95. The molecule has 4 N–H and O–H groups in total. The Balaban J connectivity index is 1.45. The Kier molecular flexibility index (Phi) is 7.02. The molecule has 0 spiro atoms. The predicted molar refractivity (Wildman–Crippen MR) is 126 cm³/mol. The highest BCUT2D eigenvalue weighted by Crippen LogP contribution is 2.22. The second-order valence-electron chi connectivity index (χ2n) is 8.03. The lowest BCUT2D eigenvalue weighted by atomic mass is 9.93. The number of nitrogens with two attached hydrogens (primary N) is 1. The Hall–Kier alpha value is -2.97. The summed E-state index contributed by atoms with van der Waals surface area (Å²) in [7, 11) is 0. The molecule has 2 aromatic carbocycles. The van der Waals surface area contributed by atoms with Gasteiger partial charge in [-0.3, -0.25) is 9.59 Å². The Bertz CT molecular complexity index is 1070. The van der Waals surface area contributed by atoms with Crippen LogP contribution < -0.4 is 11.1 Å². The molecule has 2 heterocycles. The van der Waals surface area contributed by atoms with Gasteiger partial charge in [0.1, 0.15) is 5.82 Å². The number of hydrogen-bond donors (Lipinski definition) is 3. The molecule has 2 atom stereocenters. The van der Waals surface area contributed by atoms with Gasteiger partial charge in [0.2, 0.25) is 11.8 Å². The van der Waals surface area contributed by atoms with Crippen LogP contribution in [0.5, 0.6) is 0 Å². The Morgan fingerprint density at radius 1 is 1.12 bits per heavy atom. The maximum absolute atomic E-state index is 12.8. The van der Waals surface area contributed by atoms with E-state index in [1.807, 2.05) is 59.5 Å². The molecule has 0 bridgehead atoms. The van der Waals surface area contributed by atoms with Gasteiger partial charge in [-0.15, -0.1) is 0 Å². The molecule has 3 aromatic rings. The quantitative estimate of drug-likeness (QED) is 0.467. The van der Waals surface area contributed by atoms with Crippen LogP contribution in [0.4, 0.5) is 0 Å². The number of hydrogen-bond acceptors (Lipinski definition) is 4. The molecule has 166 valence electrons. The number of benzene rings is 2. The number of aromatic amines is 1. The predicted octanol–water partition coefficient (Wildman–Crippen LogP) is 2.38. The summed E-state index contributed by atoms with van der Waals surface area (Å²) in [6.45, 7) is 1.63. The summed E-state index contributed by atoms with van der Waals surface area (Å²) in [4.78, 5) is 34.8. The number of nitrogens with zero attached hydrogens (tertiary/aromatic N) is 2. The van der Waals surface area contributed by atoms with E-state index in [1.54, 1.807) is 6.20 Å². The minimum Gasteiger partial charge on any atom is -0.369 e. The van der Waals surface area contributed by atoms with Crippen LogP contribution in [0.25, 0.3) is 0 Å². The van der Waals surface area contributed by atoms with Gasteiger partial charge in [0, 0.05) is 48.5 Å². The van der Waals surface area contributed by atoms with Crippen LogP contribution in [-0.4, -0.2) is 52.4 Å². The summed E-state index contributed by atoms with van der Waals surface area (Å²) >= 11 is 3.44. The molecule has 2 amide bonds. The van der Waals surface area contributed by atoms with Crippen molar-refractivity contribution in [1.29, 1.82) is 0 Å². The molecule has 0 aliphatic carbocycles. The zero-order valence-corrected chi connectivity index (χ0v) is 19.2. The smallest absolute Gasteiger partial charge is 0.228 e. The molecule has 1 aromatic heterocycles. The molecule has 1 unspecified atom stereocenters. The van der Waals surface area contributed by atoms with E-state index in [4.69, 9.17) is 5.73 Å². The molecule has 0 saturated carbocycles. The third kappa shape index (κ3) is 5.44. The fourth-order valence-corrected chi connectivity index (χ4v) is 4.36. The maximum Gasteiger partial charge on any atom is 0.228 e. The van der Waals surface area contributed by atoms with Crippen LogP contribution in [0.1, 0.15) is 28.6 Å². The first-order chi connectivity index (χ1) is 15.5. The van der Waals surface area contributed by atoms with Crippen LogP contribution in [-0.2, 0) is 22.4 Å². The average Bonchev–Trinajstić information content (AvgIpc) is 3.24. The van der Waals surface area contributed by atoms with Crippen molar-refractivity contribution in [3.8, 4) is 0 Å². The summed E-state index contributed by atoms with van der Waals surface area (Å²) in [6, 6.07) is 17.4. The van der Waals surface area contributed by atoms with E-state index < -0.39 is 11.8 Å². The zero-order chi connectivity index (χ0) is 22.5. The number of primary amides is 1. The van der Waals surface area contributed by atoms with Gasteiger partial charge in [-0.05, 0) is 23.3 Å².